The molecule has 1 atom stereocenters. The molecule has 3 fully saturated rings. The van der Waals surface area contributed by atoms with Crippen molar-refractivity contribution >= 4 is 5.91 Å². The van der Waals surface area contributed by atoms with Crippen LogP contribution in [0.4, 0.5) is 4.39 Å². The first-order valence-electron chi connectivity index (χ1n) is 16.7. The summed E-state index contributed by atoms with van der Waals surface area (Å²) in [6.07, 6.45) is 5.54. The lowest BCUT2D eigenvalue weighted by Crippen LogP contribution is -2.59. The molecular formula is C37H49FN5O+. The van der Waals surface area contributed by atoms with Crippen LogP contribution in [0.2, 0.25) is 0 Å². The summed E-state index contributed by atoms with van der Waals surface area (Å²) in [6, 6.07) is 21.8. The molecule has 7 heteroatoms. The van der Waals surface area contributed by atoms with E-state index < -0.39 is 0 Å². The summed E-state index contributed by atoms with van der Waals surface area (Å²) in [5.74, 6) is -0.347. The maximum atomic E-state index is 15.0. The van der Waals surface area contributed by atoms with Crippen molar-refractivity contribution in [3.05, 3.63) is 94.8 Å². The molecule has 234 valence electrons. The van der Waals surface area contributed by atoms with E-state index in [-0.39, 0.29) is 11.7 Å². The predicted octanol–water partition coefficient (Wildman–Crippen LogP) is 5.42. The van der Waals surface area contributed by atoms with Crippen molar-refractivity contribution in [3.63, 3.8) is 0 Å². The molecule has 0 radical (unpaired) electrons. The van der Waals surface area contributed by atoms with Gasteiger partial charge in [-0.2, -0.15) is 0 Å². The fraction of sp³-hybridized carbons (Fsp3) is 0.486. The highest BCUT2D eigenvalue weighted by Crippen LogP contribution is 2.26. The third-order valence-corrected chi connectivity index (χ3v) is 9.97. The summed E-state index contributed by atoms with van der Waals surface area (Å²) in [4.78, 5) is 18.2. The van der Waals surface area contributed by atoms with Crippen LogP contribution >= 0.6 is 0 Å². The molecule has 2 N–H and O–H groups in total. The van der Waals surface area contributed by atoms with Crippen molar-refractivity contribution in [2.24, 2.45) is 0 Å². The first-order valence-corrected chi connectivity index (χ1v) is 16.7. The van der Waals surface area contributed by atoms with E-state index in [0.717, 1.165) is 56.9 Å². The Morgan fingerprint density at radius 1 is 0.841 bits per heavy atom. The number of hydrogen-bond acceptors (Lipinski definition) is 4. The first kappa shape index (κ1) is 30.9. The lowest BCUT2D eigenvalue weighted by atomic mass is 10.00. The number of amides is 1. The average Bonchev–Trinajstić information content (AvgIpc) is 3.27. The van der Waals surface area contributed by atoms with E-state index in [1.165, 1.54) is 73.5 Å². The first-order chi connectivity index (χ1) is 21.4. The van der Waals surface area contributed by atoms with Crippen molar-refractivity contribution < 1.29 is 13.7 Å². The average molecular weight is 599 g/mol. The van der Waals surface area contributed by atoms with Crippen molar-refractivity contribution in [2.75, 3.05) is 58.9 Å². The maximum Gasteiger partial charge on any atom is 0.251 e. The molecule has 0 unspecified atom stereocenters. The van der Waals surface area contributed by atoms with Crippen LogP contribution in [0.25, 0.3) is 11.1 Å². The monoisotopic (exact) mass is 598 g/mol. The van der Waals surface area contributed by atoms with Gasteiger partial charge < -0.3 is 15.1 Å². The second kappa shape index (κ2) is 14.3. The minimum Gasteiger partial charge on any atom is -0.348 e. The second-order valence-electron chi connectivity index (χ2n) is 13.4. The number of quaternary nitrogens is 1. The van der Waals surface area contributed by atoms with Gasteiger partial charge in [-0.1, -0.05) is 36.4 Å². The van der Waals surface area contributed by atoms with Crippen LogP contribution < -0.4 is 10.6 Å². The highest BCUT2D eigenvalue weighted by molar-refractivity contribution is 5.94. The fourth-order valence-corrected chi connectivity index (χ4v) is 7.40. The Kier molecular flexibility index (Phi) is 10.1. The van der Waals surface area contributed by atoms with Gasteiger partial charge in [-0.25, -0.2) is 4.39 Å². The molecule has 3 saturated heterocycles. The number of nitrogens with one attached hydrogen (secondary N) is 2. The Bertz CT molecular complexity index is 1410. The summed E-state index contributed by atoms with van der Waals surface area (Å²) in [5, 5.41) is 6.55. The van der Waals surface area contributed by atoms with E-state index in [4.69, 9.17) is 0 Å². The van der Waals surface area contributed by atoms with Gasteiger partial charge in [-0.15, -0.1) is 0 Å². The zero-order valence-electron chi connectivity index (χ0n) is 26.4. The highest BCUT2D eigenvalue weighted by atomic mass is 19.1. The SMILES string of the molecule is C[C@H]1CN(Cc2cccc(-c3cc(CNC(=O)c4cccc(CN5CC[N+]6(CCCCCC6)CC5)c4)ccc3F)c2)CCN1. The lowest BCUT2D eigenvalue weighted by Gasteiger charge is -2.44. The van der Waals surface area contributed by atoms with Gasteiger partial charge in [0.25, 0.3) is 5.91 Å². The third kappa shape index (κ3) is 7.94. The van der Waals surface area contributed by atoms with E-state index in [1.54, 1.807) is 6.07 Å². The van der Waals surface area contributed by atoms with Crippen molar-refractivity contribution in [2.45, 2.75) is 58.3 Å². The number of carbonyl (C=O) groups is 1. The summed E-state index contributed by atoms with van der Waals surface area (Å²) in [7, 11) is 0. The summed E-state index contributed by atoms with van der Waals surface area (Å²) in [6.45, 7) is 14.8. The van der Waals surface area contributed by atoms with Gasteiger partial charge in [-0.05, 0) is 85.2 Å². The topological polar surface area (TPSA) is 47.6 Å². The van der Waals surface area contributed by atoms with Crippen LogP contribution in [-0.2, 0) is 19.6 Å². The molecule has 6 nitrogen and oxygen atoms in total. The predicted molar refractivity (Wildman–Crippen MR) is 176 cm³/mol. The van der Waals surface area contributed by atoms with Gasteiger partial charge in [0.1, 0.15) is 5.82 Å². The van der Waals surface area contributed by atoms with Crippen LogP contribution in [0.3, 0.4) is 0 Å². The molecule has 3 heterocycles. The largest absolute Gasteiger partial charge is 0.348 e. The van der Waals surface area contributed by atoms with Crippen LogP contribution in [-0.4, -0.2) is 85.1 Å². The molecule has 44 heavy (non-hydrogen) atoms. The number of piperazine rings is 2. The summed E-state index contributed by atoms with van der Waals surface area (Å²) < 4.78 is 16.3. The van der Waals surface area contributed by atoms with Gasteiger partial charge in [0.05, 0.1) is 26.2 Å². The Labute approximate surface area is 262 Å². The number of carbonyl (C=O) groups excluding carboxylic acids is 1. The highest BCUT2D eigenvalue weighted by Gasteiger charge is 2.33. The second-order valence-corrected chi connectivity index (χ2v) is 13.4. The van der Waals surface area contributed by atoms with Crippen molar-refractivity contribution in [1.82, 2.24) is 20.4 Å². The molecule has 3 aromatic rings. The van der Waals surface area contributed by atoms with Crippen LogP contribution in [0.5, 0.6) is 0 Å². The van der Waals surface area contributed by atoms with Crippen LogP contribution in [0.1, 0.15) is 59.7 Å². The normalized spacial score (nSPS) is 21.2. The van der Waals surface area contributed by atoms with Crippen LogP contribution in [0.15, 0.2) is 66.7 Å². The molecule has 0 bridgehead atoms. The minimum absolute atomic E-state index is 0.0994. The van der Waals surface area contributed by atoms with Gasteiger partial charge in [0.15, 0.2) is 0 Å². The Morgan fingerprint density at radius 2 is 1.57 bits per heavy atom. The van der Waals surface area contributed by atoms with Gasteiger partial charge in [0, 0.05) is 69.5 Å². The zero-order valence-corrected chi connectivity index (χ0v) is 26.4. The van der Waals surface area contributed by atoms with E-state index in [0.29, 0.717) is 23.7 Å². The maximum absolute atomic E-state index is 15.0. The van der Waals surface area contributed by atoms with Crippen molar-refractivity contribution in [1.29, 1.82) is 0 Å². The number of nitrogens with zero attached hydrogens (tertiary/aromatic N) is 3. The third-order valence-electron chi connectivity index (χ3n) is 9.97. The number of benzene rings is 3. The Balaban J connectivity index is 1.04. The van der Waals surface area contributed by atoms with Gasteiger partial charge in [0.2, 0.25) is 0 Å². The minimum atomic E-state index is -0.248. The Hall–Kier alpha value is -3.10. The lowest BCUT2D eigenvalue weighted by molar-refractivity contribution is -0.931. The Morgan fingerprint density at radius 3 is 2.34 bits per heavy atom. The summed E-state index contributed by atoms with van der Waals surface area (Å²) in [5.41, 5.74) is 5.35. The van der Waals surface area contributed by atoms with E-state index in [2.05, 4.69) is 45.6 Å². The van der Waals surface area contributed by atoms with E-state index in [9.17, 15) is 4.79 Å². The van der Waals surface area contributed by atoms with Crippen molar-refractivity contribution in [3.8, 4) is 11.1 Å². The quantitative estimate of drug-likeness (QED) is 0.340. The standard InChI is InChI=1S/C37H48FN5O/c1-29-26-42(15-14-39-29)28-31-8-6-10-33(22-31)35-24-30(12-13-36(35)38)25-40-37(44)34-11-7-9-32(23-34)27-41-16-20-43(21-17-41)18-4-2-3-5-19-43/h6-13,22-24,29,39H,2-5,14-21,25-28H2,1H3/p+1/t29-/m0/s1. The molecule has 3 aliphatic heterocycles. The molecule has 3 aromatic carbocycles. The zero-order chi connectivity index (χ0) is 30.4. The molecule has 3 aliphatic rings. The fourth-order valence-electron chi connectivity index (χ4n) is 7.40. The van der Waals surface area contributed by atoms with Gasteiger partial charge >= 0.3 is 0 Å². The summed E-state index contributed by atoms with van der Waals surface area (Å²) >= 11 is 0. The molecule has 1 amide bonds. The number of halogens is 1. The molecule has 1 spiro atoms. The molecular weight excluding hydrogens is 549 g/mol. The number of hydrogen-bond donors (Lipinski definition) is 2. The van der Waals surface area contributed by atoms with E-state index in [1.807, 2.05) is 36.4 Å². The smallest absolute Gasteiger partial charge is 0.251 e. The van der Waals surface area contributed by atoms with Gasteiger partial charge in [-0.3, -0.25) is 14.6 Å². The molecule has 0 aromatic heterocycles. The molecule has 0 saturated carbocycles. The molecule has 6 rings (SSSR count). The van der Waals surface area contributed by atoms with Crippen LogP contribution in [0, 0.1) is 5.82 Å². The van der Waals surface area contributed by atoms with E-state index >= 15 is 4.39 Å². The molecule has 0 aliphatic carbocycles. The number of rotatable bonds is 8.